The van der Waals surface area contributed by atoms with Crippen LogP contribution >= 0.6 is 15.9 Å². The second-order valence-corrected chi connectivity index (χ2v) is 6.75. The molecule has 1 aromatic carbocycles. The summed E-state index contributed by atoms with van der Waals surface area (Å²) in [6, 6.07) is 6.11. The van der Waals surface area contributed by atoms with Crippen LogP contribution < -0.4 is 0 Å². The Bertz CT molecular complexity index is 474. The highest BCUT2D eigenvalue weighted by atomic mass is 79.9. The van der Waals surface area contributed by atoms with Crippen molar-refractivity contribution in [1.29, 1.82) is 0 Å². The molecular weight excluding hydrogens is 304 g/mol. The van der Waals surface area contributed by atoms with Gasteiger partial charge in [0.1, 0.15) is 0 Å². The fourth-order valence-corrected chi connectivity index (χ4v) is 3.56. The summed E-state index contributed by atoms with van der Waals surface area (Å²) < 4.78 is 0.970. The van der Waals surface area contributed by atoms with Crippen LogP contribution in [0.1, 0.15) is 63.0 Å². The van der Waals surface area contributed by atoms with Gasteiger partial charge in [-0.2, -0.15) is 0 Å². The Morgan fingerprint density at radius 1 is 1.26 bits per heavy atom. The minimum Gasteiger partial charge on any atom is -0.481 e. The highest BCUT2D eigenvalue weighted by Gasteiger charge is 2.42. The summed E-state index contributed by atoms with van der Waals surface area (Å²) in [5, 5.41) is 9.82. The van der Waals surface area contributed by atoms with Gasteiger partial charge in [-0.1, -0.05) is 55.1 Å². The molecule has 19 heavy (non-hydrogen) atoms. The first-order valence-corrected chi connectivity index (χ1v) is 7.80. The molecule has 0 spiro atoms. The Balaban J connectivity index is 2.58. The molecule has 104 valence electrons. The van der Waals surface area contributed by atoms with Gasteiger partial charge in [-0.15, -0.1) is 0 Å². The lowest BCUT2D eigenvalue weighted by molar-refractivity contribution is -0.145. The van der Waals surface area contributed by atoms with E-state index in [1.807, 2.05) is 12.1 Å². The van der Waals surface area contributed by atoms with Crippen LogP contribution in [-0.4, -0.2) is 11.1 Å². The summed E-state index contributed by atoms with van der Waals surface area (Å²) in [7, 11) is 0. The van der Waals surface area contributed by atoms with Gasteiger partial charge >= 0.3 is 5.97 Å². The van der Waals surface area contributed by atoms with Crippen LogP contribution in [0.15, 0.2) is 22.7 Å². The number of hydrogen-bond donors (Lipinski definition) is 1. The average molecular weight is 325 g/mol. The van der Waals surface area contributed by atoms with Gasteiger partial charge < -0.3 is 5.11 Å². The lowest BCUT2D eigenvalue weighted by Gasteiger charge is -2.36. The maximum atomic E-state index is 11.9. The molecule has 1 aromatic rings. The largest absolute Gasteiger partial charge is 0.481 e. The van der Waals surface area contributed by atoms with E-state index in [1.54, 1.807) is 0 Å². The van der Waals surface area contributed by atoms with E-state index in [0.717, 1.165) is 42.1 Å². The minimum atomic E-state index is -0.679. The molecule has 3 heteroatoms. The van der Waals surface area contributed by atoms with E-state index in [2.05, 4.69) is 35.8 Å². The SMILES string of the molecule is CC(C)c1ccc(Br)cc1C1(C(=O)O)CCCCC1. The van der Waals surface area contributed by atoms with Crippen LogP contribution in [0.3, 0.4) is 0 Å². The number of carboxylic acids is 1. The number of rotatable bonds is 3. The van der Waals surface area contributed by atoms with E-state index in [4.69, 9.17) is 0 Å². The molecule has 0 aliphatic heterocycles. The Kier molecular flexibility index (Phi) is 4.34. The number of hydrogen-bond acceptors (Lipinski definition) is 1. The van der Waals surface area contributed by atoms with Gasteiger partial charge in [-0.25, -0.2) is 0 Å². The zero-order valence-corrected chi connectivity index (χ0v) is 13.2. The first-order chi connectivity index (χ1) is 8.97. The van der Waals surface area contributed by atoms with Gasteiger partial charge in [0.25, 0.3) is 0 Å². The molecule has 1 aliphatic carbocycles. The monoisotopic (exact) mass is 324 g/mol. The fourth-order valence-electron chi connectivity index (χ4n) is 3.20. The minimum absolute atomic E-state index is 0.348. The van der Waals surface area contributed by atoms with Gasteiger partial charge in [-0.3, -0.25) is 4.79 Å². The quantitative estimate of drug-likeness (QED) is 0.862. The smallest absolute Gasteiger partial charge is 0.314 e. The Labute approximate surface area is 123 Å². The summed E-state index contributed by atoms with van der Waals surface area (Å²) in [6.07, 6.45) is 4.70. The van der Waals surface area contributed by atoms with Crippen LogP contribution in [0, 0.1) is 0 Å². The van der Waals surface area contributed by atoms with Crippen molar-refractivity contribution in [3.63, 3.8) is 0 Å². The van der Waals surface area contributed by atoms with E-state index < -0.39 is 11.4 Å². The Morgan fingerprint density at radius 3 is 2.42 bits per heavy atom. The molecule has 0 unspecified atom stereocenters. The van der Waals surface area contributed by atoms with E-state index in [1.165, 1.54) is 5.56 Å². The number of halogens is 1. The topological polar surface area (TPSA) is 37.3 Å². The van der Waals surface area contributed by atoms with Crippen LogP contribution in [0.5, 0.6) is 0 Å². The van der Waals surface area contributed by atoms with Gasteiger partial charge in [0.05, 0.1) is 5.41 Å². The van der Waals surface area contributed by atoms with E-state index in [9.17, 15) is 9.90 Å². The molecule has 0 heterocycles. The van der Waals surface area contributed by atoms with Crippen molar-refractivity contribution in [3.05, 3.63) is 33.8 Å². The standard InChI is InChI=1S/C16H21BrO2/c1-11(2)13-7-6-12(17)10-14(13)16(15(18)19)8-4-3-5-9-16/h6-7,10-11H,3-5,8-9H2,1-2H3,(H,18,19). The van der Waals surface area contributed by atoms with Crippen molar-refractivity contribution in [3.8, 4) is 0 Å². The number of aliphatic carboxylic acids is 1. The van der Waals surface area contributed by atoms with Gasteiger partial charge in [0.15, 0.2) is 0 Å². The van der Waals surface area contributed by atoms with Crippen molar-refractivity contribution in [2.24, 2.45) is 0 Å². The van der Waals surface area contributed by atoms with Crippen LogP contribution in [-0.2, 0) is 10.2 Å². The molecule has 2 nitrogen and oxygen atoms in total. The Hall–Kier alpha value is -0.830. The molecular formula is C16H21BrO2. The molecule has 1 aliphatic rings. The molecule has 1 fully saturated rings. The lowest BCUT2D eigenvalue weighted by atomic mass is 9.67. The Morgan fingerprint density at radius 2 is 1.89 bits per heavy atom. The molecule has 0 radical (unpaired) electrons. The van der Waals surface area contributed by atoms with Crippen molar-refractivity contribution >= 4 is 21.9 Å². The summed E-state index contributed by atoms with van der Waals surface area (Å²) in [5.74, 6) is -0.312. The second kappa shape index (κ2) is 5.66. The number of carbonyl (C=O) groups is 1. The summed E-state index contributed by atoms with van der Waals surface area (Å²) in [6.45, 7) is 4.26. The van der Waals surface area contributed by atoms with Crippen LogP contribution in [0.25, 0.3) is 0 Å². The van der Waals surface area contributed by atoms with E-state index in [-0.39, 0.29) is 0 Å². The number of carboxylic acid groups (broad SMARTS) is 1. The molecule has 0 saturated heterocycles. The summed E-state index contributed by atoms with van der Waals surface area (Å²) in [4.78, 5) is 11.9. The molecule has 2 rings (SSSR count). The van der Waals surface area contributed by atoms with Crippen molar-refractivity contribution in [2.75, 3.05) is 0 Å². The zero-order chi connectivity index (χ0) is 14.0. The van der Waals surface area contributed by atoms with Crippen molar-refractivity contribution < 1.29 is 9.90 Å². The average Bonchev–Trinajstić information content (AvgIpc) is 2.38. The van der Waals surface area contributed by atoms with Crippen LogP contribution in [0.2, 0.25) is 0 Å². The number of benzene rings is 1. The van der Waals surface area contributed by atoms with Gasteiger partial charge in [0, 0.05) is 4.47 Å². The summed E-state index contributed by atoms with van der Waals surface area (Å²) >= 11 is 3.49. The third kappa shape index (κ3) is 2.71. The molecule has 0 amide bonds. The lowest BCUT2D eigenvalue weighted by Crippen LogP contribution is -2.38. The highest BCUT2D eigenvalue weighted by Crippen LogP contribution is 2.43. The maximum absolute atomic E-state index is 11.9. The fraction of sp³-hybridized carbons (Fsp3) is 0.562. The van der Waals surface area contributed by atoms with E-state index in [0.29, 0.717) is 5.92 Å². The summed E-state index contributed by atoms with van der Waals surface area (Å²) in [5.41, 5.74) is 1.51. The molecule has 0 bridgehead atoms. The van der Waals surface area contributed by atoms with E-state index >= 15 is 0 Å². The first-order valence-electron chi connectivity index (χ1n) is 7.01. The molecule has 0 aromatic heterocycles. The normalized spacial score (nSPS) is 18.5. The highest BCUT2D eigenvalue weighted by molar-refractivity contribution is 9.10. The predicted octanol–water partition coefficient (Wildman–Crippen LogP) is 4.86. The molecule has 1 N–H and O–H groups in total. The van der Waals surface area contributed by atoms with Crippen molar-refractivity contribution in [2.45, 2.75) is 57.3 Å². The van der Waals surface area contributed by atoms with Gasteiger partial charge in [0.2, 0.25) is 0 Å². The maximum Gasteiger partial charge on any atom is 0.314 e. The van der Waals surface area contributed by atoms with Gasteiger partial charge in [-0.05, 0) is 42.0 Å². The van der Waals surface area contributed by atoms with Crippen molar-refractivity contribution in [1.82, 2.24) is 0 Å². The van der Waals surface area contributed by atoms with Crippen LogP contribution in [0.4, 0.5) is 0 Å². The first kappa shape index (κ1) is 14.6. The third-order valence-corrected chi connectivity index (χ3v) is 4.76. The molecule has 0 atom stereocenters. The predicted molar refractivity (Wildman–Crippen MR) is 80.6 cm³/mol. The third-order valence-electron chi connectivity index (χ3n) is 4.27. The zero-order valence-electron chi connectivity index (χ0n) is 11.6. The molecule has 1 saturated carbocycles. The second-order valence-electron chi connectivity index (χ2n) is 5.83.